The maximum atomic E-state index is 11.8. The third-order valence-electron chi connectivity index (χ3n) is 2.88. The zero-order valence-corrected chi connectivity index (χ0v) is 12.8. The van der Waals surface area contributed by atoms with Gasteiger partial charge in [-0.1, -0.05) is 15.9 Å². The summed E-state index contributed by atoms with van der Waals surface area (Å²) in [6.45, 7) is 0. The predicted octanol–water partition coefficient (Wildman–Crippen LogP) is 1.99. The number of rotatable bonds is 3. The van der Waals surface area contributed by atoms with Crippen molar-refractivity contribution in [1.29, 1.82) is 0 Å². The smallest absolute Gasteiger partial charge is 0.328 e. The van der Waals surface area contributed by atoms with Gasteiger partial charge in [0.2, 0.25) is 0 Å². The molecule has 0 radical (unpaired) electrons. The fourth-order valence-corrected chi connectivity index (χ4v) is 2.20. The molecule has 1 aliphatic heterocycles. The predicted molar refractivity (Wildman–Crippen MR) is 76.5 cm³/mol. The van der Waals surface area contributed by atoms with E-state index in [9.17, 15) is 9.59 Å². The van der Waals surface area contributed by atoms with Crippen LogP contribution < -0.4 is 14.8 Å². The van der Waals surface area contributed by atoms with Crippen LogP contribution in [0.1, 0.15) is 5.56 Å². The van der Waals surface area contributed by atoms with E-state index in [0.717, 1.165) is 9.37 Å². The minimum atomic E-state index is -0.446. The third-order valence-corrected chi connectivity index (χ3v) is 3.57. The number of methoxy groups -OCH3 is 2. The van der Waals surface area contributed by atoms with Crippen LogP contribution in [-0.4, -0.2) is 38.1 Å². The van der Waals surface area contributed by atoms with Crippen molar-refractivity contribution < 1.29 is 19.1 Å². The van der Waals surface area contributed by atoms with Gasteiger partial charge in [-0.05, 0) is 23.8 Å². The molecule has 0 atom stereocenters. The molecule has 0 saturated carbocycles. The Kier molecular flexibility index (Phi) is 3.99. The number of urea groups is 1. The van der Waals surface area contributed by atoms with Gasteiger partial charge in [-0.15, -0.1) is 0 Å². The lowest BCUT2D eigenvalue weighted by molar-refractivity contribution is -0.121. The van der Waals surface area contributed by atoms with E-state index in [1.807, 2.05) is 0 Å². The molecule has 1 heterocycles. The Morgan fingerprint density at radius 3 is 2.30 bits per heavy atom. The van der Waals surface area contributed by atoms with Gasteiger partial charge in [0.25, 0.3) is 5.91 Å². The van der Waals surface area contributed by atoms with Crippen LogP contribution in [0.3, 0.4) is 0 Å². The monoisotopic (exact) mass is 340 g/mol. The number of hydrogen-bond acceptors (Lipinski definition) is 4. The fraction of sp³-hybridized carbons (Fsp3) is 0.231. The Balaban J connectivity index is 2.44. The molecule has 7 heteroatoms. The number of halogens is 1. The number of carbonyl (C=O) groups is 2. The minimum Gasteiger partial charge on any atom is -0.493 e. The maximum absolute atomic E-state index is 11.8. The lowest BCUT2D eigenvalue weighted by Crippen LogP contribution is -2.25. The van der Waals surface area contributed by atoms with E-state index in [-0.39, 0.29) is 11.6 Å². The summed E-state index contributed by atoms with van der Waals surface area (Å²) in [4.78, 5) is 24.2. The number of amides is 3. The molecular weight excluding hydrogens is 328 g/mol. The number of nitrogens with zero attached hydrogens (tertiary/aromatic N) is 1. The van der Waals surface area contributed by atoms with E-state index in [2.05, 4.69) is 21.2 Å². The molecule has 2 rings (SSSR count). The summed E-state index contributed by atoms with van der Waals surface area (Å²) in [6, 6.07) is 3.00. The van der Waals surface area contributed by atoms with Crippen LogP contribution in [0.4, 0.5) is 4.79 Å². The van der Waals surface area contributed by atoms with Crippen molar-refractivity contribution in [2.24, 2.45) is 0 Å². The number of likely N-dealkylation sites (N-methyl/N-ethyl adjacent to an activating group) is 1. The van der Waals surface area contributed by atoms with Gasteiger partial charge in [0, 0.05) is 11.5 Å². The SMILES string of the molecule is COc1cc(Br)c(/C=C2/NC(=O)N(C)C2=O)cc1OC. The van der Waals surface area contributed by atoms with E-state index in [4.69, 9.17) is 9.47 Å². The first-order valence-electron chi connectivity index (χ1n) is 5.70. The largest absolute Gasteiger partial charge is 0.493 e. The molecule has 1 N–H and O–H groups in total. The number of ether oxygens (including phenoxy) is 2. The zero-order chi connectivity index (χ0) is 14.9. The second-order valence-electron chi connectivity index (χ2n) is 4.08. The van der Waals surface area contributed by atoms with Crippen molar-refractivity contribution in [3.05, 3.63) is 27.9 Å². The average molecular weight is 341 g/mol. The van der Waals surface area contributed by atoms with Crippen molar-refractivity contribution in [2.75, 3.05) is 21.3 Å². The number of nitrogens with one attached hydrogen (secondary N) is 1. The van der Waals surface area contributed by atoms with Crippen LogP contribution in [0.2, 0.25) is 0 Å². The van der Waals surface area contributed by atoms with Crippen LogP contribution in [0.15, 0.2) is 22.3 Å². The second kappa shape index (κ2) is 5.54. The van der Waals surface area contributed by atoms with Gasteiger partial charge in [0.1, 0.15) is 5.70 Å². The summed E-state index contributed by atoms with van der Waals surface area (Å²) in [6.07, 6.45) is 1.58. The Labute approximate surface area is 124 Å². The molecule has 0 aliphatic carbocycles. The highest BCUT2D eigenvalue weighted by Gasteiger charge is 2.30. The lowest BCUT2D eigenvalue weighted by Gasteiger charge is -2.10. The molecule has 1 aliphatic rings. The molecule has 1 aromatic rings. The van der Waals surface area contributed by atoms with Crippen molar-refractivity contribution in [3.8, 4) is 11.5 Å². The summed E-state index contributed by atoms with van der Waals surface area (Å²) in [5.41, 5.74) is 0.909. The molecule has 0 unspecified atom stereocenters. The molecule has 0 spiro atoms. The first-order chi connectivity index (χ1) is 9.47. The molecule has 1 fully saturated rings. The summed E-state index contributed by atoms with van der Waals surface area (Å²) in [5, 5.41) is 2.50. The molecule has 1 aromatic carbocycles. The Morgan fingerprint density at radius 2 is 1.80 bits per heavy atom. The summed E-state index contributed by atoms with van der Waals surface area (Å²) < 4.78 is 11.1. The maximum Gasteiger partial charge on any atom is 0.328 e. The van der Waals surface area contributed by atoms with Gasteiger partial charge in [-0.25, -0.2) is 4.79 Å². The van der Waals surface area contributed by atoms with Crippen LogP contribution in [0.25, 0.3) is 6.08 Å². The summed E-state index contributed by atoms with van der Waals surface area (Å²) in [7, 11) is 4.49. The Hall–Kier alpha value is -2.02. The lowest BCUT2D eigenvalue weighted by atomic mass is 10.1. The van der Waals surface area contributed by atoms with Crippen LogP contribution in [0, 0.1) is 0 Å². The fourth-order valence-electron chi connectivity index (χ4n) is 1.76. The topological polar surface area (TPSA) is 67.9 Å². The quantitative estimate of drug-likeness (QED) is 0.674. The Morgan fingerprint density at radius 1 is 1.20 bits per heavy atom. The van der Waals surface area contributed by atoms with Crippen molar-refractivity contribution in [2.45, 2.75) is 0 Å². The Bertz CT molecular complexity index is 613. The van der Waals surface area contributed by atoms with Gasteiger partial charge in [-0.2, -0.15) is 0 Å². The van der Waals surface area contributed by atoms with Crippen LogP contribution >= 0.6 is 15.9 Å². The van der Waals surface area contributed by atoms with E-state index in [1.165, 1.54) is 21.3 Å². The molecule has 1 saturated heterocycles. The number of benzene rings is 1. The van der Waals surface area contributed by atoms with Gasteiger partial charge in [0.15, 0.2) is 11.5 Å². The molecule has 3 amide bonds. The van der Waals surface area contributed by atoms with Gasteiger partial charge in [-0.3, -0.25) is 9.69 Å². The van der Waals surface area contributed by atoms with Crippen molar-refractivity contribution in [3.63, 3.8) is 0 Å². The van der Waals surface area contributed by atoms with Crippen LogP contribution in [-0.2, 0) is 4.79 Å². The van der Waals surface area contributed by atoms with Crippen LogP contribution in [0.5, 0.6) is 11.5 Å². The van der Waals surface area contributed by atoms with Gasteiger partial charge >= 0.3 is 6.03 Å². The van der Waals surface area contributed by atoms with E-state index < -0.39 is 6.03 Å². The number of carbonyl (C=O) groups excluding carboxylic acids is 2. The standard InChI is InChI=1S/C13H13BrN2O4/c1-16-12(17)9(15-13(16)18)4-7-5-10(19-2)11(20-3)6-8(7)14/h4-6H,1-3H3,(H,15,18)/b9-4+. The summed E-state index contributed by atoms with van der Waals surface area (Å²) in [5.74, 6) is 0.727. The normalized spacial score (nSPS) is 16.6. The third kappa shape index (κ3) is 2.49. The van der Waals surface area contributed by atoms with E-state index in [0.29, 0.717) is 17.1 Å². The minimum absolute atomic E-state index is 0.213. The number of imide groups is 1. The molecular formula is C13H13BrN2O4. The highest BCUT2D eigenvalue weighted by atomic mass is 79.9. The molecule has 0 bridgehead atoms. The van der Waals surface area contributed by atoms with Gasteiger partial charge < -0.3 is 14.8 Å². The highest BCUT2D eigenvalue weighted by Crippen LogP contribution is 2.34. The van der Waals surface area contributed by atoms with E-state index in [1.54, 1.807) is 18.2 Å². The molecule has 6 nitrogen and oxygen atoms in total. The molecule has 106 valence electrons. The average Bonchev–Trinajstić information content (AvgIpc) is 2.68. The van der Waals surface area contributed by atoms with Crippen molar-refractivity contribution in [1.82, 2.24) is 10.2 Å². The zero-order valence-electron chi connectivity index (χ0n) is 11.2. The summed E-state index contributed by atoms with van der Waals surface area (Å²) >= 11 is 3.39. The number of hydrogen-bond donors (Lipinski definition) is 1. The molecule has 0 aromatic heterocycles. The highest BCUT2D eigenvalue weighted by molar-refractivity contribution is 9.10. The molecule has 20 heavy (non-hydrogen) atoms. The van der Waals surface area contributed by atoms with Gasteiger partial charge in [0.05, 0.1) is 14.2 Å². The first kappa shape index (κ1) is 14.4. The second-order valence-corrected chi connectivity index (χ2v) is 4.94. The first-order valence-corrected chi connectivity index (χ1v) is 6.49. The van der Waals surface area contributed by atoms with Crippen molar-refractivity contribution >= 4 is 33.9 Å². The van der Waals surface area contributed by atoms with E-state index >= 15 is 0 Å².